The molecule has 0 amide bonds. The van der Waals surface area contributed by atoms with Gasteiger partial charge in [-0.1, -0.05) is 137 Å². The second-order valence-electron chi connectivity index (χ2n) is 16.4. The molecule has 0 fully saturated rings. The monoisotopic (exact) mass is 723 g/mol. The minimum absolute atomic E-state index is 0.134. The SMILES string of the molecule is CC1(C)c2ccccc2-c2ccc(N(c3ccc4c(c3)C(C)(C)c3ccccc3-4)c3cccc4oc5c6c7ccccc7sc6c6ccccc6c5c34)cc21. The van der Waals surface area contributed by atoms with Crippen LogP contribution in [0.25, 0.3) is 75.1 Å². The zero-order valence-electron chi connectivity index (χ0n) is 31.2. The molecule has 55 heavy (non-hydrogen) atoms. The van der Waals surface area contributed by atoms with Gasteiger partial charge < -0.3 is 9.32 Å². The third kappa shape index (κ3) is 4.04. The maximum absolute atomic E-state index is 7.08. The first-order valence-electron chi connectivity index (χ1n) is 19.3. The van der Waals surface area contributed by atoms with E-state index in [2.05, 4.69) is 184 Å². The zero-order chi connectivity index (χ0) is 36.8. The Labute approximate surface area is 323 Å². The Morgan fingerprint density at radius 2 is 1.00 bits per heavy atom. The molecule has 0 unspecified atom stereocenters. The third-order valence-corrected chi connectivity index (χ3v) is 14.1. The van der Waals surface area contributed by atoms with E-state index in [1.807, 2.05) is 11.3 Å². The lowest BCUT2D eigenvalue weighted by Crippen LogP contribution is -2.18. The van der Waals surface area contributed by atoms with E-state index in [1.165, 1.54) is 80.8 Å². The van der Waals surface area contributed by atoms with Crippen LogP contribution in [-0.4, -0.2) is 0 Å². The summed E-state index contributed by atoms with van der Waals surface area (Å²) in [5.41, 5.74) is 15.8. The Morgan fingerprint density at radius 3 is 1.65 bits per heavy atom. The zero-order valence-corrected chi connectivity index (χ0v) is 32.0. The molecule has 2 aliphatic rings. The highest BCUT2D eigenvalue weighted by Crippen LogP contribution is 2.55. The van der Waals surface area contributed by atoms with Gasteiger partial charge in [-0.15, -0.1) is 11.3 Å². The number of hydrogen-bond donors (Lipinski definition) is 0. The molecule has 2 heterocycles. The molecule has 12 rings (SSSR count). The molecule has 2 aliphatic carbocycles. The summed E-state index contributed by atoms with van der Waals surface area (Å²) >= 11 is 1.86. The van der Waals surface area contributed by atoms with Gasteiger partial charge in [0.2, 0.25) is 0 Å². The maximum atomic E-state index is 7.08. The van der Waals surface area contributed by atoms with Gasteiger partial charge in [-0.2, -0.15) is 0 Å². The van der Waals surface area contributed by atoms with E-state index in [1.54, 1.807) is 0 Å². The Morgan fingerprint density at radius 1 is 0.455 bits per heavy atom. The van der Waals surface area contributed by atoms with Gasteiger partial charge in [0.05, 0.1) is 11.1 Å². The van der Waals surface area contributed by atoms with Crippen LogP contribution in [0.15, 0.2) is 156 Å². The number of fused-ring (bicyclic) bond motifs is 16. The average molecular weight is 724 g/mol. The average Bonchev–Trinajstić information content (AvgIpc) is 3.92. The smallest absolute Gasteiger partial charge is 0.145 e. The van der Waals surface area contributed by atoms with Crippen molar-refractivity contribution in [2.24, 2.45) is 0 Å². The second-order valence-corrected chi connectivity index (χ2v) is 17.5. The quantitative estimate of drug-likeness (QED) is 0.180. The predicted octanol–water partition coefficient (Wildman–Crippen LogP) is 15.2. The minimum atomic E-state index is -0.134. The van der Waals surface area contributed by atoms with Crippen LogP contribution < -0.4 is 4.90 Å². The van der Waals surface area contributed by atoms with Crippen LogP contribution in [-0.2, 0) is 10.8 Å². The van der Waals surface area contributed by atoms with Crippen molar-refractivity contribution in [3.8, 4) is 22.3 Å². The summed E-state index contributed by atoms with van der Waals surface area (Å²) in [5.74, 6) is 0. The standard InChI is InChI=1S/C52H37NOS/c1-51(2)39-19-10-7-14-32(39)34-26-24-30(28-41(34)51)53(31-25-27-35-33-15-8-11-20-40(33)52(3,4)42(35)29-31)43-21-13-22-44-48(43)46-36-16-5-6-17-37(36)50-47(49(46)54-44)38-18-9-12-23-45(38)55-50/h5-29H,1-4H3. The molecule has 0 bridgehead atoms. The first-order valence-corrected chi connectivity index (χ1v) is 20.1. The van der Waals surface area contributed by atoms with Crippen LogP contribution in [0, 0.1) is 0 Å². The lowest BCUT2D eigenvalue weighted by Gasteiger charge is -2.30. The minimum Gasteiger partial charge on any atom is -0.455 e. The molecule has 0 aliphatic heterocycles. The highest BCUT2D eigenvalue weighted by Gasteiger charge is 2.38. The van der Waals surface area contributed by atoms with Gasteiger partial charge in [-0.3, -0.25) is 0 Å². The van der Waals surface area contributed by atoms with E-state index in [0.717, 1.165) is 33.6 Å². The number of anilines is 3. The fourth-order valence-electron chi connectivity index (χ4n) is 10.2. The molecule has 0 saturated carbocycles. The Kier molecular flexibility index (Phi) is 6.10. The van der Waals surface area contributed by atoms with E-state index >= 15 is 0 Å². The first kappa shape index (κ1) is 31.2. The second kappa shape index (κ2) is 10.7. The number of rotatable bonds is 3. The van der Waals surface area contributed by atoms with Gasteiger partial charge in [-0.25, -0.2) is 0 Å². The highest BCUT2D eigenvalue weighted by atomic mass is 32.1. The molecule has 0 saturated heterocycles. The van der Waals surface area contributed by atoms with Gasteiger partial charge in [0.25, 0.3) is 0 Å². The van der Waals surface area contributed by atoms with Crippen LogP contribution in [0.1, 0.15) is 49.9 Å². The van der Waals surface area contributed by atoms with Crippen molar-refractivity contribution in [2.45, 2.75) is 38.5 Å². The molecule has 3 heteroatoms. The summed E-state index contributed by atoms with van der Waals surface area (Å²) < 4.78 is 9.64. The van der Waals surface area contributed by atoms with Gasteiger partial charge in [0.15, 0.2) is 0 Å². The Bertz CT molecular complexity index is 3180. The van der Waals surface area contributed by atoms with Crippen molar-refractivity contribution >= 4 is 81.3 Å². The van der Waals surface area contributed by atoms with Crippen LogP contribution in [0.2, 0.25) is 0 Å². The van der Waals surface area contributed by atoms with Crippen molar-refractivity contribution in [3.05, 3.63) is 174 Å². The molecule has 0 atom stereocenters. The third-order valence-electron chi connectivity index (χ3n) is 12.8. The normalized spacial score (nSPS) is 14.8. The topological polar surface area (TPSA) is 16.4 Å². The van der Waals surface area contributed by atoms with Gasteiger partial charge in [-0.05, 0) is 92.4 Å². The number of thiophene rings is 1. The molecule has 0 spiro atoms. The lowest BCUT2D eigenvalue weighted by molar-refractivity contribution is 0.660. The van der Waals surface area contributed by atoms with Crippen molar-refractivity contribution in [1.29, 1.82) is 0 Å². The summed E-state index contributed by atoms with van der Waals surface area (Å²) in [6.45, 7) is 9.48. The highest BCUT2D eigenvalue weighted by molar-refractivity contribution is 7.27. The van der Waals surface area contributed by atoms with Crippen molar-refractivity contribution in [2.75, 3.05) is 4.90 Å². The summed E-state index contributed by atoms with van der Waals surface area (Å²) in [5, 5.41) is 7.25. The Balaban J connectivity index is 1.19. The fourth-order valence-corrected chi connectivity index (χ4v) is 11.4. The number of nitrogens with zero attached hydrogens (tertiary/aromatic N) is 1. The molecule has 2 nitrogen and oxygen atoms in total. The predicted molar refractivity (Wildman–Crippen MR) is 234 cm³/mol. The summed E-state index contributed by atoms with van der Waals surface area (Å²) in [7, 11) is 0. The first-order chi connectivity index (χ1) is 26.8. The molecule has 0 N–H and O–H groups in total. The summed E-state index contributed by atoms with van der Waals surface area (Å²) in [4.78, 5) is 2.50. The molecule has 2 aromatic heterocycles. The van der Waals surface area contributed by atoms with E-state index in [4.69, 9.17) is 4.42 Å². The molecular formula is C52H37NOS. The molecule has 8 aromatic carbocycles. The van der Waals surface area contributed by atoms with Crippen LogP contribution in [0.4, 0.5) is 17.1 Å². The van der Waals surface area contributed by atoms with Crippen LogP contribution in [0.3, 0.4) is 0 Å². The molecular weight excluding hydrogens is 687 g/mol. The lowest BCUT2D eigenvalue weighted by atomic mass is 9.82. The van der Waals surface area contributed by atoms with E-state index in [-0.39, 0.29) is 10.8 Å². The number of benzene rings is 8. The van der Waals surface area contributed by atoms with Crippen molar-refractivity contribution < 1.29 is 4.42 Å². The van der Waals surface area contributed by atoms with Crippen molar-refractivity contribution in [1.82, 2.24) is 0 Å². The fraction of sp³-hybridized carbons (Fsp3) is 0.115. The van der Waals surface area contributed by atoms with Gasteiger partial charge in [0.1, 0.15) is 11.2 Å². The van der Waals surface area contributed by atoms with Crippen LogP contribution in [0.5, 0.6) is 0 Å². The number of furan rings is 1. The maximum Gasteiger partial charge on any atom is 0.145 e. The molecule has 262 valence electrons. The van der Waals surface area contributed by atoms with E-state index in [0.29, 0.717) is 0 Å². The molecule has 0 radical (unpaired) electrons. The number of hydrogen-bond acceptors (Lipinski definition) is 3. The summed E-state index contributed by atoms with van der Waals surface area (Å²) in [6, 6.07) is 56.3. The largest absolute Gasteiger partial charge is 0.455 e. The molecule has 10 aromatic rings. The van der Waals surface area contributed by atoms with E-state index in [9.17, 15) is 0 Å². The van der Waals surface area contributed by atoms with Crippen molar-refractivity contribution in [3.63, 3.8) is 0 Å². The van der Waals surface area contributed by atoms with Gasteiger partial charge in [0, 0.05) is 53.1 Å². The van der Waals surface area contributed by atoms with Gasteiger partial charge >= 0.3 is 0 Å². The Hall–Kier alpha value is -6.16. The van der Waals surface area contributed by atoms with Crippen LogP contribution >= 0.6 is 11.3 Å². The van der Waals surface area contributed by atoms with E-state index < -0.39 is 0 Å². The summed E-state index contributed by atoms with van der Waals surface area (Å²) in [6.07, 6.45) is 0.